The summed E-state index contributed by atoms with van der Waals surface area (Å²) in [6, 6.07) is -0.177. The average molecular weight is 302 g/mol. The Bertz CT molecular complexity index is 522. The molecule has 0 aromatic carbocycles. The molecule has 0 fully saturated rings. The highest BCUT2D eigenvalue weighted by Gasteiger charge is 2.20. The van der Waals surface area contributed by atoms with E-state index in [0.29, 0.717) is 11.7 Å². The zero-order valence-corrected chi connectivity index (χ0v) is 13.6. The summed E-state index contributed by atoms with van der Waals surface area (Å²) in [5.74, 6) is 1.15. The zero-order chi connectivity index (χ0) is 15.3. The van der Waals surface area contributed by atoms with Gasteiger partial charge in [0.15, 0.2) is 5.03 Å². The summed E-state index contributed by atoms with van der Waals surface area (Å²) < 4.78 is 28.7. The molecule has 1 unspecified atom stereocenters. The molecule has 0 bridgehead atoms. The van der Waals surface area contributed by atoms with E-state index in [9.17, 15) is 8.42 Å². The number of rotatable bonds is 8. The van der Waals surface area contributed by atoms with Crippen molar-refractivity contribution >= 4 is 10.0 Å². The number of aryl methyl sites for hydroxylation is 2. The van der Waals surface area contributed by atoms with Crippen molar-refractivity contribution in [2.24, 2.45) is 11.7 Å². The molecule has 0 saturated carbocycles. The fraction of sp³-hybridized carbons (Fsp3) is 0.769. The quantitative estimate of drug-likeness (QED) is 0.756. The molecule has 6 nitrogen and oxygen atoms in total. The van der Waals surface area contributed by atoms with E-state index in [0.717, 1.165) is 19.4 Å². The fourth-order valence-corrected chi connectivity index (χ4v) is 3.16. The van der Waals surface area contributed by atoms with E-state index < -0.39 is 10.0 Å². The summed E-state index contributed by atoms with van der Waals surface area (Å²) in [7, 11) is -3.57. The van der Waals surface area contributed by atoms with Gasteiger partial charge in [-0.15, -0.1) is 0 Å². The lowest BCUT2D eigenvalue weighted by atomic mass is 10.1. The molecule has 3 N–H and O–H groups in total. The number of nitrogens with one attached hydrogen (secondary N) is 1. The normalized spacial score (nSPS) is 13.9. The first-order valence-electron chi connectivity index (χ1n) is 7.05. The third-order valence-corrected chi connectivity index (χ3v) is 4.30. The van der Waals surface area contributed by atoms with Crippen molar-refractivity contribution in [3.8, 4) is 0 Å². The van der Waals surface area contributed by atoms with Crippen LogP contribution in [-0.2, 0) is 16.6 Å². The van der Waals surface area contributed by atoms with Gasteiger partial charge in [0.2, 0.25) is 0 Å². The largest absolute Gasteiger partial charge is 0.334 e. The van der Waals surface area contributed by atoms with Gasteiger partial charge >= 0.3 is 0 Å². The van der Waals surface area contributed by atoms with Crippen LogP contribution in [0.5, 0.6) is 0 Å². The molecule has 0 spiro atoms. The molecular weight excluding hydrogens is 276 g/mol. The maximum absolute atomic E-state index is 12.1. The van der Waals surface area contributed by atoms with Crippen molar-refractivity contribution in [1.82, 2.24) is 14.3 Å². The summed E-state index contributed by atoms with van der Waals surface area (Å²) in [5, 5.41) is 0.0696. The highest BCUT2D eigenvalue weighted by atomic mass is 32.2. The van der Waals surface area contributed by atoms with Crippen LogP contribution in [0.3, 0.4) is 0 Å². The van der Waals surface area contributed by atoms with E-state index in [4.69, 9.17) is 5.73 Å². The van der Waals surface area contributed by atoms with Gasteiger partial charge in [-0.05, 0) is 25.7 Å². The van der Waals surface area contributed by atoms with Crippen molar-refractivity contribution in [2.45, 2.75) is 58.1 Å². The second-order valence-electron chi connectivity index (χ2n) is 5.56. The van der Waals surface area contributed by atoms with Gasteiger partial charge < -0.3 is 10.3 Å². The standard InChI is InChI=1S/C13H26N4O2S/c1-5-6-17-9-13(16-11(17)4)20(18,19)15-8-12(14)7-10(2)3/h9-10,12,15H,5-8,14H2,1-4H3. The van der Waals surface area contributed by atoms with Gasteiger partial charge in [-0.25, -0.2) is 18.1 Å². The highest BCUT2D eigenvalue weighted by Crippen LogP contribution is 2.10. The first kappa shape index (κ1) is 17.1. The molecule has 20 heavy (non-hydrogen) atoms. The first-order valence-corrected chi connectivity index (χ1v) is 8.53. The maximum Gasteiger partial charge on any atom is 0.259 e. The smallest absolute Gasteiger partial charge is 0.259 e. The predicted octanol–water partition coefficient (Wildman–Crippen LogP) is 1.25. The lowest BCUT2D eigenvalue weighted by Gasteiger charge is -2.14. The van der Waals surface area contributed by atoms with E-state index in [1.54, 1.807) is 13.1 Å². The average Bonchev–Trinajstić information content (AvgIpc) is 2.69. The minimum absolute atomic E-state index is 0.0696. The van der Waals surface area contributed by atoms with E-state index in [2.05, 4.69) is 23.6 Å². The molecule has 1 rings (SSSR count). The first-order chi connectivity index (χ1) is 9.26. The minimum atomic E-state index is -3.57. The minimum Gasteiger partial charge on any atom is -0.334 e. The third-order valence-electron chi connectivity index (χ3n) is 3.00. The van der Waals surface area contributed by atoms with Gasteiger partial charge in [-0.2, -0.15) is 0 Å². The van der Waals surface area contributed by atoms with Gasteiger partial charge in [-0.1, -0.05) is 20.8 Å². The van der Waals surface area contributed by atoms with E-state index in [1.807, 2.05) is 11.5 Å². The van der Waals surface area contributed by atoms with Crippen molar-refractivity contribution in [3.05, 3.63) is 12.0 Å². The number of nitrogens with zero attached hydrogens (tertiary/aromatic N) is 2. The van der Waals surface area contributed by atoms with Gasteiger partial charge in [0, 0.05) is 25.3 Å². The number of aromatic nitrogens is 2. The van der Waals surface area contributed by atoms with Gasteiger partial charge in [0.05, 0.1) is 0 Å². The second kappa shape index (κ2) is 7.19. The molecule has 1 aromatic rings. The summed E-state index contributed by atoms with van der Waals surface area (Å²) in [6.07, 6.45) is 3.30. The van der Waals surface area contributed by atoms with Crippen LogP contribution in [0.2, 0.25) is 0 Å². The van der Waals surface area contributed by atoms with E-state index in [1.165, 1.54) is 0 Å². The topological polar surface area (TPSA) is 90.0 Å². The Morgan fingerprint density at radius 1 is 1.45 bits per heavy atom. The highest BCUT2D eigenvalue weighted by molar-refractivity contribution is 7.89. The number of hydrogen-bond donors (Lipinski definition) is 2. The number of sulfonamides is 1. The fourth-order valence-electron chi connectivity index (χ4n) is 2.06. The van der Waals surface area contributed by atoms with Gasteiger partial charge in [-0.3, -0.25) is 0 Å². The Kier molecular flexibility index (Phi) is 6.16. The van der Waals surface area contributed by atoms with Crippen molar-refractivity contribution in [3.63, 3.8) is 0 Å². The molecule has 1 atom stereocenters. The lowest BCUT2D eigenvalue weighted by Crippen LogP contribution is -2.38. The zero-order valence-electron chi connectivity index (χ0n) is 12.8. The Morgan fingerprint density at radius 3 is 2.65 bits per heavy atom. The van der Waals surface area contributed by atoms with Crippen molar-refractivity contribution in [2.75, 3.05) is 6.54 Å². The molecule has 116 valence electrons. The van der Waals surface area contributed by atoms with Crippen molar-refractivity contribution in [1.29, 1.82) is 0 Å². The predicted molar refractivity (Wildman–Crippen MR) is 79.9 cm³/mol. The Hall–Kier alpha value is -0.920. The molecule has 0 radical (unpaired) electrons. The van der Waals surface area contributed by atoms with Crippen molar-refractivity contribution < 1.29 is 8.42 Å². The molecule has 7 heteroatoms. The molecule has 0 amide bonds. The van der Waals surface area contributed by atoms with Crippen LogP contribution in [-0.4, -0.2) is 30.6 Å². The molecule has 0 aliphatic heterocycles. The summed E-state index contributed by atoms with van der Waals surface area (Å²) >= 11 is 0. The number of imidazole rings is 1. The number of nitrogens with two attached hydrogens (primary N) is 1. The molecule has 0 aliphatic rings. The van der Waals surface area contributed by atoms with Gasteiger partial charge in [0.1, 0.15) is 5.82 Å². The summed E-state index contributed by atoms with van der Waals surface area (Å²) in [4.78, 5) is 4.11. The molecule has 0 saturated heterocycles. The Morgan fingerprint density at radius 2 is 2.10 bits per heavy atom. The van der Waals surface area contributed by atoms with Crippen LogP contribution in [0.15, 0.2) is 11.2 Å². The van der Waals surface area contributed by atoms with Crippen LogP contribution in [0.1, 0.15) is 39.4 Å². The second-order valence-corrected chi connectivity index (χ2v) is 7.28. The third kappa shape index (κ3) is 4.88. The summed E-state index contributed by atoms with van der Waals surface area (Å²) in [5.41, 5.74) is 5.89. The van der Waals surface area contributed by atoms with Gasteiger partial charge in [0.25, 0.3) is 10.0 Å². The monoisotopic (exact) mass is 302 g/mol. The number of hydrogen-bond acceptors (Lipinski definition) is 4. The molecule has 1 heterocycles. The van der Waals surface area contributed by atoms with Crippen LogP contribution in [0, 0.1) is 12.8 Å². The van der Waals surface area contributed by atoms with Crippen LogP contribution in [0.4, 0.5) is 0 Å². The van der Waals surface area contributed by atoms with E-state index in [-0.39, 0.29) is 17.6 Å². The molecule has 1 aromatic heterocycles. The van der Waals surface area contributed by atoms with E-state index >= 15 is 0 Å². The van der Waals surface area contributed by atoms with Crippen LogP contribution in [0.25, 0.3) is 0 Å². The molecular formula is C13H26N4O2S. The Balaban J connectivity index is 2.71. The summed E-state index contributed by atoms with van der Waals surface area (Å²) in [6.45, 7) is 8.96. The van der Waals surface area contributed by atoms with Crippen LogP contribution < -0.4 is 10.5 Å². The van der Waals surface area contributed by atoms with Crippen LogP contribution >= 0.6 is 0 Å². The molecule has 0 aliphatic carbocycles. The SMILES string of the molecule is CCCn1cc(S(=O)(=O)NCC(N)CC(C)C)nc1C. The lowest BCUT2D eigenvalue weighted by molar-refractivity contribution is 0.485. The Labute approximate surface area is 121 Å². The maximum atomic E-state index is 12.1.